The van der Waals surface area contributed by atoms with Crippen LogP contribution in [0.25, 0.3) is 0 Å². The molecule has 1 unspecified atom stereocenters. The Morgan fingerprint density at radius 2 is 2.15 bits per heavy atom. The molecule has 2 aliphatic rings. The van der Waals surface area contributed by atoms with Gasteiger partial charge < -0.3 is 15.0 Å². The highest BCUT2D eigenvalue weighted by Gasteiger charge is 2.42. The predicted molar refractivity (Wildman–Crippen MR) is 106 cm³/mol. The van der Waals surface area contributed by atoms with Crippen LogP contribution in [0.15, 0.2) is 29.3 Å². The summed E-state index contributed by atoms with van der Waals surface area (Å²) in [4.78, 5) is 6.77. The number of hydrogen-bond acceptors (Lipinski definition) is 2. The summed E-state index contributed by atoms with van der Waals surface area (Å²) in [6.07, 6.45) is -2.19. The number of aliphatic imine (C=N–C) groups is 1. The maximum absolute atomic E-state index is 12.8. The molecule has 4 nitrogen and oxygen atoms in total. The van der Waals surface area contributed by atoms with E-state index in [4.69, 9.17) is 4.74 Å². The second kappa shape index (κ2) is 8.77. The molecule has 0 bridgehead atoms. The fourth-order valence-corrected chi connectivity index (χ4v) is 3.53. The van der Waals surface area contributed by atoms with Gasteiger partial charge in [0.2, 0.25) is 0 Å². The highest BCUT2D eigenvalue weighted by molar-refractivity contribution is 14.0. The Balaban J connectivity index is 0.00000243. The van der Waals surface area contributed by atoms with Crippen LogP contribution in [0.1, 0.15) is 30.9 Å². The van der Waals surface area contributed by atoms with Gasteiger partial charge >= 0.3 is 6.18 Å². The summed E-state index contributed by atoms with van der Waals surface area (Å²) < 4.78 is 44.1. The van der Waals surface area contributed by atoms with Crippen LogP contribution in [0.2, 0.25) is 0 Å². The van der Waals surface area contributed by atoms with E-state index in [9.17, 15) is 13.2 Å². The standard InChI is InChI=1S/C18H24F3N3O.HI/c1-2-22-16(24-8-6-17(12-24)7-9-25-13-17)23-11-14-4-3-5-15(10-14)18(19,20)21;/h3-5,10H,2,6-9,11-13H2,1H3,(H,22,23);1H. The maximum Gasteiger partial charge on any atom is 0.416 e. The average Bonchev–Trinajstić information content (AvgIpc) is 3.21. The number of ether oxygens (including phenoxy) is 1. The Labute approximate surface area is 169 Å². The zero-order valence-electron chi connectivity index (χ0n) is 14.8. The lowest BCUT2D eigenvalue weighted by Crippen LogP contribution is -2.41. The highest BCUT2D eigenvalue weighted by atomic mass is 127. The van der Waals surface area contributed by atoms with E-state index in [1.165, 1.54) is 12.1 Å². The lowest BCUT2D eigenvalue weighted by atomic mass is 9.87. The molecule has 8 heteroatoms. The third kappa shape index (κ3) is 5.03. The molecule has 1 N–H and O–H groups in total. The first-order chi connectivity index (χ1) is 11.9. The summed E-state index contributed by atoms with van der Waals surface area (Å²) in [5.74, 6) is 0.767. The highest BCUT2D eigenvalue weighted by Crippen LogP contribution is 2.38. The van der Waals surface area contributed by atoms with E-state index in [1.807, 2.05) is 6.92 Å². The van der Waals surface area contributed by atoms with Crippen molar-refractivity contribution in [1.82, 2.24) is 10.2 Å². The topological polar surface area (TPSA) is 36.9 Å². The number of nitrogens with one attached hydrogen (secondary N) is 1. The Morgan fingerprint density at radius 1 is 1.35 bits per heavy atom. The second-order valence-electron chi connectivity index (χ2n) is 6.84. The SMILES string of the molecule is CCNC(=NCc1cccc(C(F)(F)F)c1)N1CCC2(CCOC2)C1.I. The van der Waals surface area contributed by atoms with Crippen LogP contribution in [0.5, 0.6) is 0 Å². The largest absolute Gasteiger partial charge is 0.416 e. The van der Waals surface area contributed by atoms with Crippen LogP contribution >= 0.6 is 24.0 Å². The minimum Gasteiger partial charge on any atom is -0.381 e. The molecule has 1 aromatic rings. The van der Waals surface area contributed by atoms with Crippen molar-refractivity contribution in [3.8, 4) is 0 Å². The van der Waals surface area contributed by atoms with Crippen molar-refractivity contribution in [2.45, 2.75) is 32.5 Å². The summed E-state index contributed by atoms with van der Waals surface area (Å²) in [7, 11) is 0. The molecule has 2 heterocycles. The molecule has 3 rings (SSSR count). The van der Waals surface area contributed by atoms with Crippen LogP contribution in [-0.2, 0) is 17.5 Å². The molecule has 1 aromatic carbocycles. The van der Waals surface area contributed by atoms with Crippen molar-refractivity contribution >= 4 is 29.9 Å². The van der Waals surface area contributed by atoms with E-state index in [2.05, 4.69) is 15.2 Å². The van der Waals surface area contributed by atoms with Crippen molar-refractivity contribution < 1.29 is 17.9 Å². The summed E-state index contributed by atoms with van der Waals surface area (Å²) >= 11 is 0. The van der Waals surface area contributed by atoms with Crippen molar-refractivity contribution in [2.75, 3.05) is 32.8 Å². The van der Waals surface area contributed by atoms with Crippen LogP contribution in [0.4, 0.5) is 13.2 Å². The van der Waals surface area contributed by atoms with E-state index in [1.54, 1.807) is 6.07 Å². The number of hydrogen-bond donors (Lipinski definition) is 1. The Hall–Kier alpha value is -1.03. The zero-order chi connectivity index (χ0) is 17.9. The predicted octanol–water partition coefficient (Wildman–Crippen LogP) is 3.90. The number of guanidine groups is 1. The molecule has 0 aliphatic carbocycles. The minimum absolute atomic E-state index is 0. The molecule has 0 aromatic heterocycles. The van der Waals surface area contributed by atoms with Crippen LogP contribution in [0, 0.1) is 5.41 Å². The minimum atomic E-state index is -4.33. The van der Waals surface area contributed by atoms with E-state index in [-0.39, 0.29) is 35.9 Å². The van der Waals surface area contributed by atoms with E-state index < -0.39 is 11.7 Å². The van der Waals surface area contributed by atoms with Gasteiger partial charge in [0.15, 0.2) is 5.96 Å². The van der Waals surface area contributed by atoms with Crippen molar-refractivity contribution in [2.24, 2.45) is 10.4 Å². The van der Waals surface area contributed by atoms with Gasteiger partial charge in [0, 0.05) is 31.7 Å². The fraction of sp³-hybridized carbons (Fsp3) is 0.611. The first-order valence-corrected chi connectivity index (χ1v) is 8.69. The molecule has 26 heavy (non-hydrogen) atoms. The van der Waals surface area contributed by atoms with Crippen LogP contribution < -0.4 is 5.32 Å². The molecular formula is C18H25F3IN3O. The molecule has 1 atom stereocenters. The van der Waals surface area contributed by atoms with Gasteiger partial charge in [-0.2, -0.15) is 13.2 Å². The molecule has 2 fully saturated rings. The molecule has 0 radical (unpaired) electrons. The van der Waals surface area contributed by atoms with Gasteiger partial charge in [0.25, 0.3) is 0 Å². The second-order valence-corrected chi connectivity index (χ2v) is 6.84. The van der Waals surface area contributed by atoms with E-state index in [0.29, 0.717) is 5.56 Å². The quantitative estimate of drug-likeness (QED) is 0.403. The number of nitrogens with zero attached hydrogens (tertiary/aromatic N) is 2. The molecule has 0 saturated carbocycles. The maximum atomic E-state index is 12.8. The third-order valence-electron chi connectivity index (χ3n) is 4.92. The summed E-state index contributed by atoms with van der Waals surface area (Å²) in [5.41, 5.74) is 0.142. The molecule has 0 amide bonds. The molecular weight excluding hydrogens is 458 g/mol. The molecule has 2 aliphatic heterocycles. The monoisotopic (exact) mass is 483 g/mol. The first kappa shape index (κ1) is 21.3. The van der Waals surface area contributed by atoms with E-state index in [0.717, 1.165) is 57.7 Å². The number of likely N-dealkylation sites (tertiary alicyclic amines) is 1. The molecule has 146 valence electrons. The van der Waals surface area contributed by atoms with Crippen LogP contribution in [0.3, 0.4) is 0 Å². The van der Waals surface area contributed by atoms with Crippen molar-refractivity contribution in [1.29, 1.82) is 0 Å². The third-order valence-corrected chi connectivity index (χ3v) is 4.92. The smallest absolute Gasteiger partial charge is 0.381 e. The van der Waals surface area contributed by atoms with E-state index >= 15 is 0 Å². The summed E-state index contributed by atoms with van der Waals surface area (Å²) in [5, 5.41) is 3.26. The van der Waals surface area contributed by atoms with Crippen LogP contribution in [-0.4, -0.2) is 43.7 Å². The van der Waals surface area contributed by atoms with Gasteiger partial charge in [-0.1, -0.05) is 12.1 Å². The van der Waals surface area contributed by atoms with Gasteiger partial charge in [-0.3, -0.25) is 0 Å². The number of halogens is 4. The van der Waals surface area contributed by atoms with Gasteiger partial charge in [-0.25, -0.2) is 4.99 Å². The average molecular weight is 483 g/mol. The molecule has 1 spiro atoms. The Bertz CT molecular complexity index is 630. The number of benzene rings is 1. The van der Waals surface area contributed by atoms with Gasteiger partial charge in [-0.05, 0) is 37.5 Å². The zero-order valence-corrected chi connectivity index (χ0v) is 17.1. The number of rotatable bonds is 3. The Kier molecular flexibility index (Phi) is 7.18. The summed E-state index contributed by atoms with van der Waals surface area (Å²) in [6, 6.07) is 5.37. The Morgan fingerprint density at radius 3 is 2.81 bits per heavy atom. The first-order valence-electron chi connectivity index (χ1n) is 8.69. The summed E-state index contributed by atoms with van der Waals surface area (Å²) in [6.45, 7) is 6.33. The molecule has 2 saturated heterocycles. The van der Waals surface area contributed by atoms with Crippen molar-refractivity contribution in [3.63, 3.8) is 0 Å². The van der Waals surface area contributed by atoms with Crippen molar-refractivity contribution in [3.05, 3.63) is 35.4 Å². The lowest BCUT2D eigenvalue weighted by molar-refractivity contribution is -0.137. The number of alkyl halides is 3. The lowest BCUT2D eigenvalue weighted by Gasteiger charge is -2.25. The fourth-order valence-electron chi connectivity index (χ4n) is 3.53. The van der Waals surface area contributed by atoms with Gasteiger partial charge in [-0.15, -0.1) is 24.0 Å². The van der Waals surface area contributed by atoms with Gasteiger partial charge in [0.1, 0.15) is 0 Å². The van der Waals surface area contributed by atoms with Gasteiger partial charge in [0.05, 0.1) is 18.7 Å². The normalized spacial score (nSPS) is 23.4.